The van der Waals surface area contributed by atoms with Crippen molar-refractivity contribution in [3.63, 3.8) is 0 Å². The van der Waals surface area contributed by atoms with Crippen LogP contribution in [0, 0.1) is 16.0 Å². The minimum absolute atomic E-state index is 0.0796. The average Bonchev–Trinajstić information content (AvgIpc) is 2.40. The summed E-state index contributed by atoms with van der Waals surface area (Å²) in [6.07, 6.45) is 1.99. The van der Waals surface area contributed by atoms with Crippen LogP contribution in [-0.2, 0) is 0 Å². The Morgan fingerprint density at radius 3 is 2.75 bits per heavy atom. The summed E-state index contributed by atoms with van der Waals surface area (Å²) in [7, 11) is 0. The molecule has 20 heavy (non-hydrogen) atoms. The van der Waals surface area contributed by atoms with Crippen LogP contribution in [0.3, 0.4) is 0 Å². The van der Waals surface area contributed by atoms with Gasteiger partial charge in [0.05, 0.1) is 4.92 Å². The predicted molar refractivity (Wildman–Crippen MR) is 76.4 cm³/mol. The lowest BCUT2D eigenvalue weighted by Gasteiger charge is -2.36. The van der Waals surface area contributed by atoms with Crippen molar-refractivity contribution >= 4 is 17.3 Å². The monoisotopic (exact) mass is 277 g/mol. The standard InChI is InChI=1S/C14H19N3O3/c1-9-3-4-10(2)16(8-9)14(18)12-7-11(15)5-6-13(12)17(19)20/h5-7,9-10H,3-4,8,15H2,1-2H3. The van der Waals surface area contributed by atoms with Crippen LogP contribution in [0.25, 0.3) is 0 Å². The molecule has 0 radical (unpaired) electrons. The molecule has 1 aromatic rings. The summed E-state index contributed by atoms with van der Waals surface area (Å²) < 4.78 is 0. The third-order valence-electron chi connectivity index (χ3n) is 3.83. The maximum Gasteiger partial charge on any atom is 0.282 e. The number of nitrogens with zero attached hydrogens (tertiary/aromatic N) is 2. The van der Waals surface area contributed by atoms with Gasteiger partial charge in [-0.1, -0.05) is 6.92 Å². The first-order valence-corrected chi connectivity index (χ1v) is 6.75. The van der Waals surface area contributed by atoms with Gasteiger partial charge in [0.1, 0.15) is 5.56 Å². The molecule has 2 atom stereocenters. The van der Waals surface area contributed by atoms with E-state index in [1.54, 1.807) is 4.90 Å². The molecule has 0 spiro atoms. The summed E-state index contributed by atoms with van der Waals surface area (Å²) in [5, 5.41) is 11.1. The van der Waals surface area contributed by atoms with Crippen molar-refractivity contribution in [2.24, 2.45) is 5.92 Å². The highest BCUT2D eigenvalue weighted by atomic mass is 16.6. The number of benzene rings is 1. The third-order valence-corrected chi connectivity index (χ3v) is 3.83. The molecule has 1 saturated heterocycles. The number of carbonyl (C=O) groups is 1. The summed E-state index contributed by atoms with van der Waals surface area (Å²) in [6, 6.07) is 4.23. The summed E-state index contributed by atoms with van der Waals surface area (Å²) in [5.41, 5.74) is 5.92. The number of rotatable bonds is 2. The first-order chi connectivity index (χ1) is 9.40. The van der Waals surface area contributed by atoms with Crippen molar-refractivity contribution in [3.8, 4) is 0 Å². The van der Waals surface area contributed by atoms with Crippen molar-refractivity contribution in [1.82, 2.24) is 4.90 Å². The van der Waals surface area contributed by atoms with Crippen LogP contribution in [0.2, 0.25) is 0 Å². The summed E-state index contributed by atoms with van der Waals surface area (Å²) in [6.45, 7) is 4.69. The van der Waals surface area contributed by atoms with Gasteiger partial charge in [-0.3, -0.25) is 14.9 Å². The Balaban J connectivity index is 2.37. The lowest BCUT2D eigenvalue weighted by molar-refractivity contribution is -0.385. The number of piperidine rings is 1. The summed E-state index contributed by atoms with van der Waals surface area (Å²) in [4.78, 5) is 24.8. The second kappa shape index (κ2) is 5.48. The molecule has 1 amide bonds. The molecule has 2 N–H and O–H groups in total. The second-order valence-corrected chi connectivity index (χ2v) is 5.52. The fourth-order valence-corrected chi connectivity index (χ4v) is 2.61. The van der Waals surface area contributed by atoms with Gasteiger partial charge in [0, 0.05) is 24.3 Å². The highest BCUT2D eigenvalue weighted by Gasteiger charge is 2.31. The minimum atomic E-state index is -0.537. The molecule has 108 valence electrons. The van der Waals surface area contributed by atoms with E-state index in [9.17, 15) is 14.9 Å². The highest BCUT2D eigenvalue weighted by molar-refractivity contribution is 5.99. The van der Waals surface area contributed by atoms with E-state index in [4.69, 9.17) is 5.73 Å². The maximum absolute atomic E-state index is 12.6. The van der Waals surface area contributed by atoms with Crippen LogP contribution in [0.5, 0.6) is 0 Å². The Morgan fingerprint density at radius 2 is 2.10 bits per heavy atom. The van der Waals surface area contributed by atoms with Crippen LogP contribution >= 0.6 is 0 Å². The number of nitrogens with two attached hydrogens (primary N) is 1. The molecular formula is C14H19N3O3. The van der Waals surface area contributed by atoms with E-state index in [1.165, 1.54) is 18.2 Å². The molecule has 0 saturated carbocycles. The number of hydrogen-bond acceptors (Lipinski definition) is 4. The number of nitrogen functional groups attached to an aromatic ring is 1. The van der Waals surface area contributed by atoms with E-state index < -0.39 is 4.92 Å². The molecule has 2 rings (SSSR count). The van der Waals surface area contributed by atoms with Crippen molar-refractivity contribution < 1.29 is 9.72 Å². The molecule has 2 unspecified atom stereocenters. The highest BCUT2D eigenvalue weighted by Crippen LogP contribution is 2.27. The third kappa shape index (κ3) is 2.74. The number of amides is 1. The Morgan fingerprint density at radius 1 is 1.40 bits per heavy atom. The van der Waals surface area contributed by atoms with Crippen LogP contribution < -0.4 is 5.73 Å². The van der Waals surface area contributed by atoms with E-state index >= 15 is 0 Å². The fraction of sp³-hybridized carbons (Fsp3) is 0.500. The van der Waals surface area contributed by atoms with Gasteiger partial charge >= 0.3 is 0 Å². The Labute approximate surface area is 117 Å². The SMILES string of the molecule is CC1CCC(C)N(C(=O)c2cc(N)ccc2[N+](=O)[O-])C1. The zero-order chi connectivity index (χ0) is 14.9. The van der Waals surface area contributed by atoms with Gasteiger partial charge in [-0.2, -0.15) is 0 Å². The number of carbonyl (C=O) groups excluding carboxylic acids is 1. The van der Waals surface area contributed by atoms with Crippen LogP contribution in [0.15, 0.2) is 18.2 Å². The van der Waals surface area contributed by atoms with E-state index in [2.05, 4.69) is 6.92 Å². The Bertz CT molecular complexity index is 544. The van der Waals surface area contributed by atoms with Crippen LogP contribution in [-0.4, -0.2) is 28.3 Å². The number of hydrogen-bond donors (Lipinski definition) is 1. The molecular weight excluding hydrogens is 258 g/mol. The molecule has 1 fully saturated rings. The second-order valence-electron chi connectivity index (χ2n) is 5.52. The van der Waals surface area contributed by atoms with Gasteiger partial charge in [0.2, 0.25) is 0 Å². The van der Waals surface area contributed by atoms with E-state index in [0.717, 1.165) is 12.8 Å². The van der Waals surface area contributed by atoms with Crippen molar-refractivity contribution in [1.29, 1.82) is 0 Å². The van der Waals surface area contributed by atoms with E-state index in [1.807, 2.05) is 6.92 Å². The predicted octanol–water partition coefficient (Wildman–Crippen LogP) is 2.44. The van der Waals surface area contributed by atoms with E-state index in [-0.39, 0.29) is 23.2 Å². The average molecular weight is 277 g/mol. The molecule has 0 aliphatic carbocycles. The lowest BCUT2D eigenvalue weighted by Crippen LogP contribution is -2.45. The molecule has 1 aliphatic heterocycles. The van der Waals surface area contributed by atoms with Crippen molar-refractivity contribution in [2.75, 3.05) is 12.3 Å². The van der Waals surface area contributed by atoms with Crippen molar-refractivity contribution in [2.45, 2.75) is 32.7 Å². The minimum Gasteiger partial charge on any atom is -0.399 e. The van der Waals surface area contributed by atoms with Gasteiger partial charge in [-0.25, -0.2) is 0 Å². The van der Waals surface area contributed by atoms with Gasteiger partial charge in [0.25, 0.3) is 11.6 Å². The molecule has 6 nitrogen and oxygen atoms in total. The Hall–Kier alpha value is -2.11. The van der Waals surface area contributed by atoms with Crippen molar-refractivity contribution in [3.05, 3.63) is 33.9 Å². The smallest absolute Gasteiger partial charge is 0.282 e. The molecule has 0 bridgehead atoms. The quantitative estimate of drug-likeness (QED) is 0.510. The summed E-state index contributed by atoms with van der Waals surface area (Å²) >= 11 is 0. The zero-order valence-electron chi connectivity index (χ0n) is 11.7. The largest absolute Gasteiger partial charge is 0.399 e. The Kier molecular flexibility index (Phi) is 3.92. The van der Waals surface area contributed by atoms with E-state index in [0.29, 0.717) is 18.2 Å². The lowest BCUT2D eigenvalue weighted by atomic mass is 9.94. The van der Waals surface area contributed by atoms with Crippen LogP contribution in [0.1, 0.15) is 37.0 Å². The maximum atomic E-state index is 12.6. The number of nitro groups is 1. The normalized spacial score (nSPS) is 22.6. The molecule has 0 aromatic heterocycles. The van der Waals surface area contributed by atoms with Gasteiger partial charge in [-0.05, 0) is 37.8 Å². The molecule has 1 aliphatic rings. The molecule has 6 heteroatoms. The number of likely N-dealkylation sites (tertiary alicyclic amines) is 1. The first kappa shape index (κ1) is 14.3. The number of nitro benzene ring substituents is 1. The zero-order valence-corrected chi connectivity index (χ0v) is 11.7. The van der Waals surface area contributed by atoms with Crippen LogP contribution in [0.4, 0.5) is 11.4 Å². The van der Waals surface area contributed by atoms with Gasteiger partial charge < -0.3 is 10.6 Å². The topological polar surface area (TPSA) is 89.5 Å². The van der Waals surface area contributed by atoms with Gasteiger partial charge in [-0.15, -0.1) is 0 Å². The summed E-state index contributed by atoms with van der Waals surface area (Å²) in [5.74, 6) is 0.110. The molecule has 1 aromatic carbocycles. The fourth-order valence-electron chi connectivity index (χ4n) is 2.61. The van der Waals surface area contributed by atoms with Gasteiger partial charge in [0.15, 0.2) is 0 Å². The first-order valence-electron chi connectivity index (χ1n) is 6.75. The molecule has 1 heterocycles. The number of anilines is 1.